The summed E-state index contributed by atoms with van der Waals surface area (Å²) in [6.07, 6.45) is 5.36. The van der Waals surface area contributed by atoms with Crippen LogP contribution in [0.15, 0.2) is 29.3 Å². The minimum Gasteiger partial charge on any atom is -0.331 e. The molecule has 8 heteroatoms. The molecule has 1 aromatic carbocycles. The molecule has 1 amide bonds. The Labute approximate surface area is 160 Å². The van der Waals surface area contributed by atoms with Crippen molar-refractivity contribution in [2.75, 3.05) is 11.9 Å². The highest BCUT2D eigenvalue weighted by Gasteiger charge is 2.25. The van der Waals surface area contributed by atoms with Crippen molar-refractivity contribution in [2.45, 2.75) is 57.4 Å². The summed E-state index contributed by atoms with van der Waals surface area (Å²) in [6.45, 7) is 5.94. The molecule has 0 unspecified atom stereocenters. The van der Waals surface area contributed by atoms with Crippen molar-refractivity contribution in [3.8, 4) is 0 Å². The lowest BCUT2D eigenvalue weighted by Crippen LogP contribution is -2.29. The van der Waals surface area contributed by atoms with Crippen LogP contribution in [0.3, 0.4) is 0 Å². The van der Waals surface area contributed by atoms with Gasteiger partial charge in [-0.05, 0) is 44.4 Å². The number of carbonyl (C=O) groups is 1. The Hall–Kier alpha value is -2.19. The lowest BCUT2D eigenvalue weighted by molar-refractivity contribution is -0.114. The third-order valence-electron chi connectivity index (χ3n) is 4.92. The van der Waals surface area contributed by atoms with Gasteiger partial charge in [-0.25, -0.2) is 18.1 Å². The van der Waals surface area contributed by atoms with Gasteiger partial charge in [-0.2, -0.15) is 0 Å². The number of aryl methyl sites for hydroxylation is 2. The van der Waals surface area contributed by atoms with Crippen LogP contribution in [0.4, 0.5) is 5.69 Å². The molecule has 27 heavy (non-hydrogen) atoms. The van der Waals surface area contributed by atoms with Crippen LogP contribution >= 0.6 is 0 Å². The molecule has 0 atom stereocenters. The van der Waals surface area contributed by atoms with Crippen LogP contribution in [0.2, 0.25) is 0 Å². The van der Waals surface area contributed by atoms with E-state index in [1.54, 1.807) is 18.2 Å². The van der Waals surface area contributed by atoms with Crippen LogP contribution in [0.25, 0.3) is 0 Å². The van der Waals surface area contributed by atoms with Gasteiger partial charge >= 0.3 is 0 Å². The van der Waals surface area contributed by atoms with E-state index >= 15 is 0 Å². The smallest absolute Gasteiger partial charge is 0.242 e. The lowest BCUT2D eigenvalue weighted by Gasteiger charge is -2.26. The molecular formula is C19H26N4O3S. The molecule has 1 heterocycles. The van der Waals surface area contributed by atoms with Crippen molar-refractivity contribution in [1.29, 1.82) is 0 Å². The quantitative estimate of drug-likeness (QED) is 0.760. The van der Waals surface area contributed by atoms with Crippen LogP contribution in [-0.4, -0.2) is 30.4 Å². The molecule has 1 aliphatic rings. The van der Waals surface area contributed by atoms with E-state index in [0.29, 0.717) is 12.5 Å². The van der Waals surface area contributed by atoms with Gasteiger partial charge in [0.25, 0.3) is 0 Å². The molecule has 0 aliphatic heterocycles. The first-order valence-electron chi connectivity index (χ1n) is 9.18. The molecular weight excluding hydrogens is 364 g/mol. The summed E-state index contributed by atoms with van der Waals surface area (Å²) in [5.41, 5.74) is 2.13. The minimum absolute atomic E-state index is 0.0827. The van der Waals surface area contributed by atoms with Gasteiger partial charge in [0.1, 0.15) is 10.7 Å². The number of hydrogen-bond donors (Lipinski definition) is 2. The molecule has 1 aliphatic carbocycles. The molecule has 0 bridgehead atoms. The SMILES string of the molecule is CC(=O)Nc1ccc(C)cc1S(=O)(=O)NCCn1c(C)cnc1C1CCC1. The average molecular weight is 391 g/mol. The maximum atomic E-state index is 12.8. The number of hydrogen-bond acceptors (Lipinski definition) is 4. The number of carbonyl (C=O) groups excluding carboxylic acids is 1. The third kappa shape index (κ3) is 4.39. The number of aromatic nitrogens is 2. The van der Waals surface area contributed by atoms with Crippen LogP contribution in [0, 0.1) is 13.8 Å². The Morgan fingerprint density at radius 2 is 2.04 bits per heavy atom. The molecule has 1 fully saturated rings. The zero-order valence-electron chi connectivity index (χ0n) is 15.9. The van der Waals surface area contributed by atoms with Gasteiger partial charge < -0.3 is 9.88 Å². The predicted octanol–water partition coefficient (Wildman–Crippen LogP) is 2.70. The second-order valence-corrected chi connectivity index (χ2v) is 8.85. The monoisotopic (exact) mass is 390 g/mol. The number of amides is 1. The van der Waals surface area contributed by atoms with E-state index in [9.17, 15) is 13.2 Å². The van der Waals surface area contributed by atoms with E-state index in [-0.39, 0.29) is 23.0 Å². The summed E-state index contributed by atoms with van der Waals surface area (Å²) in [7, 11) is -3.75. The second kappa shape index (κ2) is 7.82. The summed E-state index contributed by atoms with van der Waals surface area (Å²) in [5.74, 6) is 1.22. The van der Waals surface area contributed by atoms with Gasteiger partial charge in [-0.3, -0.25) is 4.79 Å². The van der Waals surface area contributed by atoms with Crippen LogP contribution in [-0.2, 0) is 21.4 Å². The van der Waals surface area contributed by atoms with Crippen LogP contribution < -0.4 is 10.0 Å². The molecule has 146 valence electrons. The van der Waals surface area contributed by atoms with Gasteiger partial charge in [0, 0.05) is 37.8 Å². The highest BCUT2D eigenvalue weighted by Crippen LogP contribution is 2.35. The lowest BCUT2D eigenvalue weighted by atomic mass is 9.85. The number of imidazole rings is 1. The molecule has 0 radical (unpaired) electrons. The first-order chi connectivity index (χ1) is 12.8. The molecule has 0 spiro atoms. The van der Waals surface area contributed by atoms with Crippen molar-refractivity contribution >= 4 is 21.6 Å². The predicted molar refractivity (Wildman–Crippen MR) is 104 cm³/mol. The number of rotatable bonds is 7. The van der Waals surface area contributed by atoms with E-state index in [0.717, 1.165) is 29.9 Å². The fourth-order valence-electron chi connectivity index (χ4n) is 3.28. The molecule has 2 N–H and O–H groups in total. The van der Waals surface area contributed by atoms with E-state index in [4.69, 9.17) is 0 Å². The normalized spacial score (nSPS) is 14.8. The first kappa shape index (κ1) is 19.6. The number of anilines is 1. The van der Waals surface area contributed by atoms with Crippen molar-refractivity contribution in [1.82, 2.24) is 14.3 Å². The first-order valence-corrected chi connectivity index (χ1v) is 10.7. The van der Waals surface area contributed by atoms with Gasteiger partial charge in [-0.15, -0.1) is 0 Å². The number of benzene rings is 1. The number of nitrogens with zero attached hydrogens (tertiary/aromatic N) is 2. The topological polar surface area (TPSA) is 93.1 Å². The Morgan fingerprint density at radius 3 is 2.67 bits per heavy atom. The van der Waals surface area contributed by atoms with Crippen molar-refractivity contribution in [3.05, 3.63) is 41.5 Å². The highest BCUT2D eigenvalue weighted by molar-refractivity contribution is 7.89. The average Bonchev–Trinajstić information content (AvgIpc) is 2.88. The van der Waals surface area contributed by atoms with Gasteiger partial charge in [0.05, 0.1) is 5.69 Å². The van der Waals surface area contributed by atoms with Crippen molar-refractivity contribution < 1.29 is 13.2 Å². The number of nitrogens with one attached hydrogen (secondary N) is 2. The van der Waals surface area contributed by atoms with Crippen molar-refractivity contribution in [2.24, 2.45) is 0 Å². The van der Waals surface area contributed by atoms with Gasteiger partial charge in [0.2, 0.25) is 15.9 Å². The maximum Gasteiger partial charge on any atom is 0.242 e. The zero-order chi connectivity index (χ0) is 19.6. The maximum absolute atomic E-state index is 12.8. The molecule has 7 nitrogen and oxygen atoms in total. The summed E-state index contributed by atoms with van der Waals surface area (Å²) in [6, 6.07) is 4.94. The Bertz CT molecular complexity index is 946. The Balaban J connectivity index is 1.74. The zero-order valence-corrected chi connectivity index (χ0v) is 16.8. The molecule has 1 saturated carbocycles. The van der Waals surface area contributed by atoms with Crippen molar-refractivity contribution in [3.63, 3.8) is 0 Å². The van der Waals surface area contributed by atoms with Crippen LogP contribution in [0.5, 0.6) is 0 Å². The van der Waals surface area contributed by atoms with E-state index < -0.39 is 10.0 Å². The fraction of sp³-hybridized carbons (Fsp3) is 0.474. The second-order valence-electron chi connectivity index (χ2n) is 7.12. The molecule has 1 aromatic heterocycles. The largest absolute Gasteiger partial charge is 0.331 e. The summed E-state index contributed by atoms with van der Waals surface area (Å²) < 4.78 is 30.3. The minimum atomic E-state index is -3.75. The van der Waals surface area contributed by atoms with Gasteiger partial charge in [-0.1, -0.05) is 12.5 Å². The standard InChI is InChI=1S/C19H26N4O3S/c1-13-7-8-17(22-15(3)24)18(11-13)27(25,26)21-9-10-23-14(2)12-20-19(23)16-5-4-6-16/h7-8,11-12,16,21H,4-6,9-10H2,1-3H3,(H,22,24). The summed E-state index contributed by atoms with van der Waals surface area (Å²) >= 11 is 0. The molecule has 3 rings (SSSR count). The highest BCUT2D eigenvalue weighted by atomic mass is 32.2. The molecule has 2 aromatic rings. The van der Waals surface area contributed by atoms with Crippen LogP contribution in [0.1, 0.15) is 49.2 Å². The Morgan fingerprint density at radius 1 is 1.30 bits per heavy atom. The third-order valence-corrected chi connectivity index (χ3v) is 6.42. The fourth-order valence-corrected chi connectivity index (χ4v) is 4.54. The summed E-state index contributed by atoms with van der Waals surface area (Å²) in [4.78, 5) is 16.0. The Kier molecular flexibility index (Phi) is 5.67. The van der Waals surface area contributed by atoms with E-state index in [1.807, 2.05) is 20.0 Å². The number of sulfonamides is 1. The van der Waals surface area contributed by atoms with Gasteiger partial charge in [0.15, 0.2) is 0 Å². The van der Waals surface area contributed by atoms with E-state index in [2.05, 4.69) is 19.6 Å². The van der Waals surface area contributed by atoms with E-state index in [1.165, 1.54) is 13.3 Å². The summed E-state index contributed by atoms with van der Waals surface area (Å²) in [5, 5.41) is 2.59. The molecule has 0 saturated heterocycles.